The molecule has 20 heavy (non-hydrogen) atoms. The minimum Gasteiger partial charge on any atom is -0.378 e. The van der Waals surface area contributed by atoms with Crippen molar-refractivity contribution in [3.63, 3.8) is 0 Å². The molecule has 0 aliphatic carbocycles. The van der Waals surface area contributed by atoms with E-state index in [9.17, 15) is 0 Å². The quantitative estimate of drug-likeness (QED) is 0.598. The molecule has 5 heteroatoms. The normalized spacial score (nSPS) is 12.3. The summed E-state index contributed by atoms with van der Waals surface area (Å²) in [5.74, 6) is 0. The lowest BCUT2D eigenvalue weighted by atomic mass is 10.1. The first-order chi connectivity index (χ1) is 9.40. The van der Waals surface area contributed by atoms with Crippen molar-refractivity contribution in [2.24, 2.45) is 0 Å². The first-order valence-electron chi connectivity index (χ1n) is 6.06. The SMILES string of the molecule is Cc1cc(Br)c(NC(C)c2cccc(Cl)c2Cl)cc1Cl. The maximum atomic E-state index is 6.24. The Morgan fingerprint density at radius 3 is 2.50 bits per heavy atom. The molecule has 0 heterocycles. The molecule has 1 atom stereocenters. The van der Waals surface area contributed by atoms with Crippen LogP contribution in [0.15, 0.2) is 34.8 Å². The molecule has 2 aromatic rings. The summed E-state index contributed by atoms with van der Waals surface area (Å²) in [6.45, 7) is 3.99. The smallest absolute Gasteiger partial charge is 0.0644 e. The first-order valence-corrected chi connectivity index (χ1v) is 7.99. The number of hydrogen-bond donors (Lipinski definition) is 1. The van der Waals surface area contributed by atoms with Crippen molar-refractivity contribution >= 4 is 56.4 Å². The molecule has 1 unspecified atom stereocenters. The van der Waals surface area contributed by atoms with Crippen LogP contribution >= 0.6 is 50.7 Å². The van der Waals surface area contributed by atoms with E-state index in [0.717, 1.165) is 26.3 Å². The zero-order valence-corrected chi connectivity index (χ0v) is 14.8. The Bertz CT molecular complexity index is 643. The fourth-order valence-electron chi connectivity index (χ4n) is 1.92. The molecule has 1 nitrogen and oxygen atoms in total. The van der Waals surface area contributed by atoms with Gasteiger partial charge in [-0.25, -0.2) is 0 Å². The highest BCUT2D eigenvalue weighted by atomic mass is 79.9. The molecule has 1 N–H and O–H groups in total. The van der Waals surface area contributed by atoms with Crippen LogP contribution in [0.25, 0.3) is 0 Å². The van der Waals surface area contributed by atoms with E-state index in [-0.39, 0.29) is 6.04 Å². The fraction of sp³-hybridized carbons (Fsp3) is 0.200. The molecule has 0 aliphatic heterocycles. The number of hydrogen-bond acceptors (Lipinski definition) is 1. The van der Waals surface area contributed by atoms with Crippen molar-refractivity contribution < 1.29 is 0 Å². The van der Waals surface area contributed by atoms with Gasteiger partial charge < -0.3 is 5.32 Å². The Hall–Kier alpha value is -0.410. The maximum Gasteiger partial charge on any atom is 0.0644 e. The Kier molecular flexibility index (Phi) is 5.25. The van der Waals surface area contributed by atoms with E-state index in [1.165, 1.54) is 0 Å². The Labute approximate surface area is 142 Å². The Morgan fingerprint density at radius 1 is 1.10 bits per heavy atom. The van der Waals surface area contributed by atoms with Crippen molar-refractivity contribution in [3.05, 3.63) is 61.0 Å². The van der Waals surface area contributed by atoms with E-state index in [0.29, 0.717) is 10.0 Å². The second-order valence-electron chi connectivity index (χ2n) is 4.59. The van der Waals surface area contributed by atoms with Crippen LogP contribution in [0.4, 0.5) is 5.69 Å². The zero-order chi connectivity index (χ0) is 14.9. The summed E-state index contributed by atoms with van der Waals surface area (Å²) in [6.07, 6.45) is 0. The number of rotatable bonds is 3. The fourth-order valence-corrected chi connectivity index (χ4v) is 3.13. The molecule has 0 bridgehead atoms. The summed E-state index contributed by atoms with van der Waals surface area (Å²) in [6, 6.07) is 9.51. The van der Waals surface area contributed by atoms with E-state index >= 15 is 0 Å². The van der Waals surface area contributed by atoms with E-state index in [1.54, 1.807) is 6.07 Å². The molecule has 0 aliphatic rings. The van der Waals surface area contributed by atoms with Gasteiger partial charge in [0, 0.05) is 9.50 Å². The van der Waals surface area contributed by atoms with Crippen LogP contribution in [0.5, 0.6) is 0 Å². The molecular weight excluding hydrogens is 380 g/mol. The van der Waals surface area contributed by atoms with Gasteiger partial charge >= 0.3 is 0 Å². The third kappa shape index (κ3) is 3.43. The largest absolute Gasteiger partial charge is 0.378 e. The van der Waals surface area contributed by atoms with Gasteiger partial charge in [0.2, 0.25) is 0 Å². The summed E-state index contributed by atoms with van der Waals surface area (Å²) in [4.78, 5) is 0. The van der Waals surface area contributed by atoms with Gasteiger partial charge in [-0.05, 0) is 59.1 Å². The lowest BCUT2D eigenvalue weighted by Gasteiger charge is -2.19. The van der Waals surface area contributed by atoms with Crippen LogP contribution in [-0.2, 0) is 0 Å². The van der Waals surface area contributed by atoms with Gasteiger partial charge in [0.05, 0.1) is 21.8 Å². The predicted molar refractivity (Wildman–Crippen MR) is 92.4 cm³/mol. The molecular formula is C15H13BrCl3N. The van der Waals surface area contributed by atoms with Crippen molar-refractivity contribution in [3.8, 4) is 0 Å². The molecule has 0 fully saturated rings. The standard InChI is InChI=1S/C15H13BrCl3N/c1-8-6-11(16)14(7-13(8)18)20-9(2)10-4-3-5-12(17)15(10)19/h3-7,9,20H,1-2H3. The van der Waals surface area contributed by atoms with Gasteiger partial charge in [-0.2, -0.15) is 0 Å². The van der Waals surface area contributed by atoms with E-state index in [2.05, 4.69) is 21.2 Å². The second-order valence-corrected chi connectivity index (χ2v) is 6.64. The molecule has 0 spiro atoms. The molecule has 106 valence electrons. The van der Waals surface area contributed by atoms with Crippen LogP contribution < -0.4 is 5.32 Å². The zero-order valence-electron chi connectivity index (χ0n) is 11.0. The average molecular weight is 394 g/mol. The van der Waals surface area contributed by atoms with E-state index in [4.69, 9.17) is 34.8 Å². The van der Waals surface area contributed by atoms with Crippen LogP contribution in [0.1, 0.15) is 24.1 Å². The van der Waals surface area contributed by atoms with Crippen LogP contribution in [-0.4, -0.2) is 0 Å². The van der Waals surface area contributed by atoms with Gasteiger partial charge in [0.1, 0.15) is 0 Å². The molecule has 0 amide bonds. The van der Waals surface area contributed by atoms with E-state index in [1.807, 2.05) is 38.1 Å². The van der Waals surface area contributed by atoms with Crippen molar-refractivity contribution in [1.82, 2.24) is 0 Å². The lowest BCUT2D eigenvalue weighted by Crippen LogP contribution is -2.08. The highest BCUT2D eigenvalue weighted by Gasteiger charge is 2.13. The number of anilines is 1. The summed E-state index contributed by atoms with van der Waals surface area (Å²) >= 11 is 22.0. The molecule has 0 aromatic heterocycles. The van der Waals surface area contributed by atoms with Crippen molar-refractivity contribution in [2.75, 3.05) is 5.32 Å². The maximum absolute atomic E-state index is 6.24. The molecule has 0 saturated heterocycles. The molecule has 2 rings (SSSR count). The van der Waals surface area contributed by atoms with Gasteiger partial charge in [0.15, 0.2) is 0 Å². The molecule has 0 saturated carbocycles. The third-order valence-electron chi connectivity index (χ3n) is 3.07. The summed E-state index contributed by atoms with van der Waals surface area (Å²) < 4.78 is 0.962. The molecule has 0 radical (unpaired) electrons. The number of nitrogens with one attached hydrogen (secondary N) is 1. The molecule has 2 aromatic carbocycles. The topological polar surface area (TPSA) is 12.0 Å². The predicted octanol–water partition coefficient (Wildman–Crippen LogP) is 6.89. The van der Waals surface area contributed by atoms with Crippen molar-refractivity contribution in [1.29, 1.82) is 0 Å². The lowest BCUT2D eigenvalue weighted by molar-refractivity contribution is 0.884. The Morgan fingerprint density at radius 2 is 1.80 bits per heavy atom. The minimum atomic E-state index is 0.0104. The summed E-state index contributed by atoms with van der Waals surface area (Å²) in [5, 5.41) is 5.24. The van der Waals surface area contributed by atoms with Gasteiger partial charge in [0.25, 0.3) is 0 Å². The highest BCUT2D eigenvalue weighted by molar-refractivity contribution is 9.10. The van der Waals surface area contributed by atoms with E-state index < -0.39 is 0 Å². The number of aryl methyl sites for hydroxylation is 1. The van der Waals surface area contributed by atoms with Crippen LogP contribution in [0.2, 0.25) is 15.1 Å². The summed E-state index contributed by atoms with van der Waals surface area (Å²) in [5.41, 5.74) is 2.89. The summed E-state index contributed by atoms with van der Waals surface area (Å²) in [7, 11) is 0. The highest BCUT2D eigenvalue weighted by Crippen LogP contribution is 2.35. The van der Waals surface area contributed by atoms with Crippen LogP contribution in [0, 0.1) is 6.92 Å². The van der Waals surface area contributed by atoms with Gasteiger partial charge in [-0.3, -0.25) is 0 Å². The number of halogens is 4. The minimum absolute atomic E-state index is 0.0104. The van der Waals surface area contributed by atoms with Crippen LogP contribution in [0.3, 0.4) is 0 Å². The van der Waals surface area contributed by atoms with Gasteiger partial charge in [-0.15, -0.1) is 0 Å². The first kappa shape index (κ1) is 16.0. The average Bonchev–Trinajstić information content (AvgIpc) is 2.39. The Balaban J connectivity index is 2.30. The third-order valence-corrected chi connectivity index (χ3v) is 4.97. The monoisotopic (exact) mass is 391 g/mol. The van der Waals surface area contributed by atoms with Crippen molar-refractivity contribution in [2.45, 2.75) is 19.9 Å². The second kappa shape index (κ2) is 6.57. The number of benzene rings is 2. The van der Waals surface area contributed by atoms with Gasteiger partial charge in [-0.1, -0.05) is 46.9 Å².